The van der Waals surface area contributed by atoms with Crippen molar-refractivity contribution in [3.05, 3.63) is 84.2 Å². The Labute approximate surface area is 140 Å². The highest BCUT2D eigenvalue weighted by Gasteiger charge is 2.06. The Hall–Kier alpha value is -2.95. The normalized spacial score (nSPS) is 10.5. The zero-order valence-corrected chi connectivity index (χ0v) is 13.2. The number of hydrogen-bond donors (Lipinski definition) is 1. The molecule has 0 aliphatic rings. The Balaban J connectivity index is 1.48. The van der Waals surface area contributed by atoms with E-state index in [0.29, 0.717) is 18.5 Å². The molecular weight excluding hydrogens is 305 g/mol. The van der Waals surface area contributed by atoms with E-state index in [1.165, 1.54) is 6.07 Å². The summed E-state index contributed by atoms with van der Waals surface area (Å²) in [7, 11) is 0. The SMILES string of the molecule is O=C(CCc1ccccc1F)NCc1ccc(-n2ccnc2)cc1. The minimum Gasteiger partial charge on any atom is -0.352 e. The van der Waals surface area contributed by atoms with Crippen molar-refractivity contribution in [2.45, 2.75) is 19.4 Å². The van der Waals surface area contributed by atoms with Crippen LogP contribution >= 0.6 is 0 Å². The zero-order chi connectivity index (χ0) is 16.8. The predicted octanol–water partition coefficient (Wildman–Crippen LogP) is 3.26. The summed E-state index contributed by atoms with van der Waals surface area (Å²) in [5, 5.41) is 2.86. The third-order valence-electron chi connectivity index (χ3n) is 3.81. The third-order valence-corrected chi connectivity index (χ3v) is 3.81. The molecule has 0 saturated carbocycles. The first-order valence-electron chi connectivity index (χ1n) is 7.80. The van der Waals surface area contributed by atoms with E-state index >= 15 is 0 Å². The lowest BCUT2D eigenvalue weighted by Crippen LogP contribution is -2.23. The van der Waals surface area contributed by atoms with Gasteiger partial charge in [-0.3, -0.25) is 4.79 Å². The maximum Gasteiger partial charge on any atom is 0.220 e. The van der Waals surface area contributed by atoms with Crippen molar-refractivity contribution in [2.24, 2.45) is 0 Å². The molecule has 1 N–H and O–H groups in total. The topological polar surface area (TPSA) is 46.9 Å². The summed E-state index contributed by atoms with van der Waals surface area (Å²) in [6.45, 7) is 0.459. The van der Waals surface area contributed by atoms with Gasteiger partial charge in [-0.05, 0) is 35.7 Å². The molecule has 3 aromatic rings. The first kappa shape index (κ1) is 15.9. The van der Waals surface area contributed by atoms with Crippen molar-refractivity contribution in [3.8, 4) is 5.69 Å². The first-order chi connectivity index (χ1) is 11.7. The monoisotopic (exact) mass is 323 g/mol. The molecule has 3 rings (SSSR count). The number of hydrogen-bond acceptors (Lipinski definition) is 2. The summed E-state index contributed by atoms with van der Waals surface area (Å²) in [5.74, 6) is -0.350. The van der Waals surface area contributed by atoms with Gasteiger partial charge in [-0.2, -0.15) is 0 Å². The van der Waals surface area contributed by atoms with Crippen LogP contribution in [-0.4, -0.2) is 15.5 Å². The highest BCUT2D eigenvalue weighted by Crippen LogP contribution is 2.10. The van der Waals surface area contributed by atoms with Gasteiger partial charge in [-0.25, -0.2) is 9.37 Å². The third kappa shape index (κ3) is 4.07. The number of benzene rings is 2. The molecule has 4 nitrogen and oxygen atoms in total. The molecule has 0 aliphatic heterocycles. The summed E-state index contributed by atoms with van der Waals surface area (Å²) in [4.78, 5) is 15.9. The van der Waals surface area contributed by atoms with E-state index in [2.05, 4.69) is 10.3 Å². The molecule has 5 heteroatoms. The molecule has 0 spiro atoms. The lowest BCUT2D eigenvalue weighted by atomic mass is 10.1. The number of aryl methyl sites for hydroxylation is 1. The molecule has 122 valence electrons. The van der Waals surface area contributed by atoms with Crippen LogP contribution < -0.4 is 5.32 Å². The van der Waals surface area contributed by atoms with E-state index in [-0.39, 0.29) is 18.1 Å². The van der Waals surface area contributed by atoms with Gasteiger partial charge in [0.1, 0.15) is 5.82 Å². The van der Waals surface area contributed by atoms with Crippen LogP contribution in [0, 0.1) is 5.82 Å². The number of nitrogens with one attached hydrogen (secondary N) is 1. The van der Waals surface area contributed by atoms with E-state index in [0.717, 1.165) is 11.3 Å². The van der Waals surface area contributed by atoms with Crippen molar-refractivity contribution < 1.29 is 9.18 Å². The van der Waals surface area contributed by atoms with Crippen LogP contribution in [0.15, 0.2) is 67.3 Å². The number of carbonyl (C=O) groups is 1. The summed E-state index contributed by atoms with van der Waals surface area (Å²) in [5.41, 5.74) is 2.59. The number of nitrogens with zero attached hydrogens (tertiary/aromatic N) is 2. The van der Waals surface area contributed by atoms with Gasteiger partial charge in [0, 0.05) is 31.0 Å². The quantitative estimate of drug-likeness (QED) is 0.757. The van der Waals surface area contributed by atoms with Gasteiger partial charge in [-0.15, -0.1) is 0 Å². The van der Waals surface area contributed by atoms with Crippen LogP contribution in [0.2, 0.25) is 0 Å². The Kier molecular flexibility index (Phi) is 5.01. The summed E-state index contributed by atoms with van der Waals surface area (Å²) in [6, 6.07) is 14.4. The highest BCUT2D eigenvalue weighted by atomic mass is 19.1. The fraction of sp³-hybridized carbons (Fsp3) is 0.158. The van der Waals surface area contributed by atoms with Crippen molar-refractivity contribution in [1.82, 2.24) is 14.9 Å². The van der Waals surface area contributed by atoms with Gasteiger partial charge >= 0.3 is 0 Å². The fourth-order valence-corrected chi connectivity index (χ4v) is 2.44. The number of aromatic nitrogens is 2. The summed E-state index contributed by atoms with van der Waals surface area (Å²) >= 11 is 0. The van der Waals surface area contributed by atoms with Crippen LogP contribution in [0.4, 0.5) is 4.39 Å². The van der Waals surface area contributed by atoms with Gasteiger partial charge in [0.2, 0.25) is 5.91 Å². The molecular formula is C19H18FN3O. The average molecular weight is 323 g/mol. The molecule has 24 heavy (non-hydrogen) atoms. The Morgan fingerprint density at radius 1 is 1.12 bits per heavy atom. The molecule has 1 aromatic heterocycles. The van der Waals surface area contributed by atoms with Crippen LogP contribution in [-0.2, 0) is 17.8 Å². The van der Waals surface area contributed by atoms with Gasteiger partial charge in [0.05, 0.1) is 6.33 Å². The lowest BCUT2D eigenvalue weighted by molar-refractivity contribution is -0.121. The van der Waals surface area contributed by atoms with E-state index in [9.17, 15) is 9.18 Å². The van der Waals surface area contributed by atoms with E-state index < -0.39 is 0 Å². The highest BCUT2D eigenvalue weighted by molar-refractivity contribution is 5.76. The smallest absolute Gasteiger partial charge is 0.220 e. The molecule has 0 unspecified atom stereocenters. The fourth-order valence-electron chi connectivity index (χ4n) is 2.44. The maximum absolute atomic E-state index is 13.5. The zero-order valence-electron chi connectivity index (χ0n) is 13.2. The number of halogens is 1. The molecule has 1 heterocycles. The lowest BCUT2D eigenvalue weighted by Gasteiger charge is -2.07. The first-order valence-corrected chi connectivity index (χ1v) is 7.80. The minimum absolute atomic E-state index is 0.0862. The van der Waals surface area contributed by atoms with Crippen molar-refractivity contribution >= 4 is 5.91 Å². The predicted molar refractivity (Wildman–Crippen MR) is 90.1 cm³/mol. The Bertz CT molecular complexity index is 798. The number of carbonyl (C=O) groups excluding carboxylic acids is 1. The van der Waals surface area contributed by atoms with Crippen molar-refractivity contribution in [2.75, 3.05) is 0 Å². The second-order valence-corrected chi connectivity index (χ2v) is 5.50. The molecule has 0 aliphatic carbocycles. The molecule has 0 fully saturated rings. The number of rotatable bonds is 6. The average Bonchev–Trinajstić information content (AvgIpc) is 3.14. The van der Waals surface area contributed by atoms with Gasteiger partial charge < -0.3 is 9.88 Å². The van der Waals surface area contributed by atoms with E-state index in [1.54, 1.807) is 30.7 Å². The second kappa shape index (κ2) is 7.55. The van der Waals surface area contributed by atoms with E-state index in [4.69, 9.17) is 0 Å². The Morgan fingerprint density at radius 3 is 2.62 bits per heavy atom. The second-order valence-electron chi connectivity index (χ2n) is 5.50. The number of imidazole rings is 1. The van der Waals surface area contributed by atoms with Crippen LogP contribution in [0.25, 0.3) is 5.69 Å². The molecule has 0 bridgehead atoms. The molecule has 0 radical (unpaired) electrons. The molecule has 0 saturated heterocycles. The van der Waals surface area contributed by atoms with Gasteiger partial charge in [0.15, 0.2) is 0 Å². The summed E-state index contributed by atoms with van der Waals surface area (Å²) in [6.07, 6.45) is 6.01. The largest absolute Gasteiger partial charge is 0.352 e. The van der Waals surface area contributed by atoms with Crippen molar-refractivity contribution in [3.63, 3.8) is 0 Å². The van der Waals surface area contributed by atoms with Crippen LogP contribution in [0.3, 0.4) is 0 Å². The van der Waals surface area contributed by atoms with Gasteiger partial charge in [0.25, 0.3) is 0 Å². The molecule has 2 aromatic carbocycles. The number of amides is 1. The van der Waals surface area contributed by atoms with Gasteiger partial charge in [-0.1, -0.05) is 30.3 Å². The standard InChI is InChI=1S/C19H18FN3O/c20-18-4-2-1-3-16(18)7-10-19(24)22-13-15-5-8-17(9-6-15)23-12-11-21-14-23/h1-6,8-9,11-12,14H,7,10,13H2,(H,22,24). The van der Waals surface area contributed by atoms with E-state index in [1.807, 2.05) is 35.0 Å². The minimum atomic E-state index is -0.264. The van der Waals surface area contributed by atoms with Crippen LogP contribution in [0.1, 0.15) is 17.5 Å². The molecule has 0 atom stereocenters. The van der Waals surface area contributed by atoms with Crippen molar-refractivity contribution in [1.29, 1.82) is 0 Å². The van der Waals surface area contributed by atoms with Crippen LogP contribution in [0.5, 0.6) is 0 Å². The maximum atomic E-state index is 13.5. The Morgan fingerprint density at radius 2 is 1.92 bits per heavy atom. The summed E-state index contributed by atoms with van der Waals surface area (Å²) < 4.78 is 15.4. The molecule has 1 amide bonds.